The number of hydrogen-bond acceptors (Lipinski definition) is 3. The van der Waals surface area contributed by atoms with Gasteiger partial charge in [0.25, 0.3) is 0 Å². The lowest BCUT2D eigenvalue weighted by Crippen LogP contribution is -2.17. The van der Waals surface area contributed by atoms with Crippen LogP contribution in [0.4, 0.5) is 17.6 Å². The number of imidazole rings is 1. The van der Waals surface area contributed by atoms with E-state index < -0.39 is 23.8 Å². The molecule has 5 nitrogen and oxygen atoms in total. The lowest BCUT2D eigenvalue weighted by Gasteiger charge is -2.10. The first-order valence-electron chi connectivity index (χ1n) is 7.04. The summed E-state index contributed by atoms with van der Waals surface area (Å²) in [4.78, 5) is 15.5. The van der Waals surface area contributed by atoms with Gasteiger partial charge in [-0.2, -0.15) is 0 Å². The van der Waals surface area contributed by atoms with Gasteiger partial charge >= 0.3 is 6.36 Å². The number of pyridine rings is 1. The molecule has 0 atom stereocenters. The maximum atomic E-state index is 13.6. The van der Waals surface area contributed by atoms with Crippen molar-refractivity contribution in [2.75, 3.05) is 0 Å². The van der Waals surface area contributed by atoms with Crippen LogP contribution in [0.15, 0.2) is 42.6 Å². The molecule has 0 fully saturated rings. The molecule has 0 unspecified atom stereocenters. The van der Waals surface area contributed by atoms with Gasteiger partial charge in [0.15, 0.2) is 0 Å². The number of nitrogens with zero attached hydrogens (tertiary/aromatic N) is 2. The highest BCUT2D eigenvalue weighted by atomic mass is 19.4. The minimum atomic E-state index is -4.80. The van der Waals surface area contributed by atoms with Crippen LogP contribution >= 0.6 is 0 Å². The minimum Gasteiger partial charge on any atom is -0.406 e. The summed E-state index contributed by atoms with van der Waals surface area (Å²) in [6, 6.07) is 7.59. The van der Waals surface area contributed by atoms with E-state index in [0.717, 1.165) is 12.1 Å². The molecule has 0 saturated carbocycles. The number of aromatic nitrogens is 2. The molecule has 1 amide bonds. The Hall–Kier alpha value is -3.10. The van der Waals surface area contributed by atoms with Gasteiger partial charge in [0, 0.05) is 11.8 Å². The quantitative estimate of drug-likeness (QED) is 0.733. The van der Waals surface area contributed by atoms with Gasteiger partial charge in [0.05, 0.1) is 17.8 Å². The highest BCUT2D eigenvalue weighted by Gasteiger charge is 2.31. The van der Waals surface area contributed by atoms with E-state index in [1.807, 2.05) is 0 Å². The number of alkyl halides is 3. The fraction of sp³-hybridized carbons (Fsp3) is 0.125. The number of primary amides is 1. The Labute approximate surface area is 138 Å². The van der Waals surface area contributed by atoms with E-state index in [1.54, 1.807) is 0 Å². The molecular weight excluding hydrogens is 342 g/mol. The van der Waals surface area contributed by atoms with Crippen molar-refractivity contribution >= 4 is 11.6 Å². The maximum Gasteiger partial charge on any atom is 0.573 e. The van der Waals surface area contributed by atoms with Crippen molar-refractivity contribution in [1.29, 1.82) is 0 Å². The summed E-state index contributed by atoms with van der Waals surface area (Å²) >= 11 is 0. The lowest BCUT2D eigenvalue weighted by molar-refractivity contribution is -0.274. The van der Waals surface area contributed by atoms with Gasteiger partial charge in [-0.3, -0.25) is 9.20 Å². The summed E-state index contributed by atoms with van der Waals surface area (Å²) in [6.45, 7) is 0. The molecule has 2 aromatic heterocycles. The van der Waals surface area contributed by atoms with E-state index in [4.69, 9.17) is 5.73 Å². The number of carbonyl (C=O) groups excluding carboxylic acids is 1. The van der Waals surface area contributed by atoms with Crippen LogP contribution < -0.4 is 10.5 Å². The monoisotopic (exact) mass is 353 g/mol. The zero-order valence-corrected chi connectivity index (χ0v) is 12.5. The topological polar surface area (TPSA) is 69.6 Å². The molecule has 0 aliphatic heterocycles. The molecule has 3 rings (SSSR count). The molecule has 130 valence electrons. The van der Waals surface area contributed by atoms with Crippen molar-refractivity contribution in [3.63, 3.8) is 0 Å². The summed E-state index contributed by atoms with van der Waals surface area (Å²) in [7, 11) is 0. The van der Waals surface area contributed by atoms with Crippen molar-refractivity contribution in [2.45, 2.75) is 12.8 Å². The predicted molar refractivity (Wildman–Crippen MR) is 80.2 cm³/mol. The van der Waals surface area contributed by atoms with Crippen LogP contribution in [0.2, 0.25) is 0 Å². The first kappa shape index (κ1) is 16.7. The number of amides is 1. The summed E-state index contributed by atoms with van der Waals surface area (Å²) in [5, 5.41) is 0. The Morgan fingerprint density at radius 2 is 1.84 bits per heavy atom. The maximum absolute atomic E-state index is 13.6. The van der Waals surface area contributed by atoms with Crippen LogP contribution in [0.3, 0.4) is 0 Å². The first-order valence-corrected chi connectivity index (χ1v) is 7.04. The highest BCUT2D eigenvalue weighted by Crippen LogP contribution is 2.29. The fourth-order valence-corrected chi connectivity index (χ4v) is 2.48. The molecule has 0 radical (unpaired) electrons. The standard InChI is InChI=1S/C16H11F4N3O2/c17-10-3-6-14-22-12(7-13(21)24)15(23(14)8-10)9-1-4-11(5-2-9)25-16(18,19)20/h1-6,8H,7H2,(H2,21,24). The second-order valence-corrected chi connectivity index (χ2v) is 5.20. The van der Waals surface area contributed by atoms with Crippen LogP contribution in [0.25, 0.3) is 16.9 Å². The van der Waals surface area contributed by atoms with Gasteiger partial charge in [0.2, 0.25) is 5.91 Å². The lowest BCUT2D eigenvalue weighted by atomic mass is 10.1. The van der Waals surface area contributed by atoms with E-state index in [2.05, 4.69) is 9.72 Å². The molecule has 2 N–H and O–H groups in total. The molecule has 1 aromatic carbocycles. The van der Waals surface area contributed by atoms with E-state index in [1.165, 1.54) is 34.9 Å². The van der Waals surface area contributed by atoms with E-state index in [-0.39, 0.29) is 6.42 Å². The molecule has 25 heavy (non-hydrogen) atoms. The molecule has 9 heteroatoms. The van der Waals surface area contributed by atoms with Crippen molar-refractivity contribution < 1.29 is 27.1 Å². The number of rotatable bonds is 4. The number of benzene rings is 1. The van der Waals surface area contributed by atoms with Gasteiger partial charge in [-0.25, -0.2) is 9.37 Å². The zero-order valence-electron chi connectivity index (χ0n) is 12.5. The van der Waals surface area contributed by atoms with Gasteiger partial charge < -0.3 is 10.5 Å². The normalized spacial score (nSPS) is 11.7. The number of fused-ring (bicyclic) bond motifs is 1. The summed E-state index contributed by atoms with van der Waals surface area (Å²) in [6.07, 6.45) is -3.83. The van der Waals surface area contributed by atoms with Crippen molar-refractivity contribution in [3.8, 4) is 17.0 Å². The zero-order chi connectivity index (χ0) is 18.2. The molecule has 0 aliphatic carbocycles. The Balaban J connectivity index is 2.09. The number of ether oxygens (including phenoxy) is 1. The average Bonchev–Trinajstić information content (AvgIpc) is 2.83. The fourth-order valence-electron chi connectivity index (χ4n) is 2.48. The smallest absolute Gasteiger partial charge is 0.406 e. The highest BCUT2D eigenvalue weighted by molar-refractivity contribution is 5.80. The van der Waals surface area contributed by atoms with Crippen LogP contribution in [-0.4, -0.2) is 21.7 Å². The van der Waals surface area contributed by atoms with Gasteiger partial charge in [0.1, 0.15) is 17.2 Å². The van der Waals surface area contributed by atoms with E-state index >= 15 is 0 Å². The van der Waals surface area contributed by atoms with E-state index in [0.29, 0.717) is 22.6 Å². The third kappa shape index (κ3) is 3.70. The summed E-state index contributed by atoms with van der Waals surface area (Å²) in [5.74, 6) is -1.57. The first-order chi connectivity index (χ1) is 11.7. The minimum absolute atomic E-state index is 0.195. The Morgan fingerprint density at radius 3 is 2.44 bits per heavy atom. The number of carbonyl (C=O) groups is 1. The van der Waals surface area contributed by atoms with Crippen LogP contribution in [0.5, 0.6) is 5.75 Å². The third-order valence-corrected chi connectivity index (χ3v) is 3.36. The summed E-state index contributed by atoms with van der Waals surface area (Å²) in [5.41, 5.74) is 6.68. The second-order valence-electron chi connectivity index (χ2n) is 5.20. The number of halogens is 4. The predicted octanol–water partition coefficient (Wildman–Crippen LogP) is 3.07. The molecule has 0 saturated heterocycles. The SMILES string of the molecule is NC(=O)Cc1nc2ccc(F)cn2c1-c1ccc(OC(F)(F)F)cc1. The summed E-state index contributed by atoms with van der Waals surface area (Å²) < 4.78 is 55.5. The van der Waals surface area contributed by atoms with Crippen molar-refractivity contribution in [2.24, 2.45) is 5.73 Å². The molecule has 0 bridgehead atoms. The van der Waals surface area contributed by atoms with Gasteiger partial charge in [-0.1, -0.05) is 0 Å². The van der Waals surface area contributed by atoms with Crippen LogP contribution in [-0.2, 0) is 11.2 Å². The van der Waals surface area contributed by atoms with Gasteiger partial charge in [-0.05, 0) is 36.4 Å². The van der Waals surface area contributed by atoms with Crippen LogP contribution in [0.1, 0.15) is 5.69 Å². The van der Waals surface area contributed by atoms with Gasteiger partial charge in [-0.15, -0.1) is 13.2 Å². The Bertz CT molecular complexity index is 933. The largest absolute Gasteiger partial charge is 0.573 e. The second kappa shape index (κ2) is 6.08. The molecular formula is C16H11F4N3O2. The number of hydrogen-bond donors (Lipinski definition) is 1. The van der Waals surface area contributed by atoms with Crippen molar-refractivity contribution in [1.82, 2.24) is 9.38 Å². The third-order valence-electron chi connectivity index (χ3n) is 3.36. The van der Waals surface area contributed by atoms with E-state index in [9.17, 15) is 22.4 Å². The average molecular weight is 353 g/mol. The molecule has 0 aliphatic rings. The van der Waals surface area contributed by atoms with Crippen LogP contribution in [0, 0.1) is 5.82 Å². The molecule has 0 spiro atoms. The number of nitrogens with two attached hydrogens (primary N) is 1. The Kier molecular flexibility index (Phi) is 4.07. The molecule has 3 aromatic rings. The Morgan fingerprint density at radius 1 is 1.16 bits per heavy atom. The van der Waals surface area contributed by atoms with Crippen molar-refractivity contribution in [3.05, 3.63) is 54.1 Å². The molecule has 2 heterocycles.